The van der Waals surface area contributed by atoms with Gasteiger partial charge in [0.25, 0.3) is 0 Å². The van der Waals surface area contributed by atoms with E-state index in [1.165, 1.54) is 9.13 Å². The standard InChI is InChI=1S/C18H20N4O4/c1-3-21-16-14(7-4-8-19-16)22(18(25)17(21)24)11-15(23)20-12(2)10-13-6-5-9-26-13/h4-9,12H,3,10-11H2,1-2H3,(H,20,23)/t12-/m0/s1. The van der Waals surface area contributed by atoms with Gasteiger partial charge in [-0.1, -0.05) is 0 Å². The fraction of sp³-hybridized carbons (Fsp3) is 0.333. The first-order chi connectivity index (χ1) is 12.5. The molecule has 0 saturated heterocycles. The van der Waals surface area contributed by atoms with Crippen molar-refractivity contribution >= 4 is 17.1 Å². The number of pyridine rings is 1. The SMILES string of the molecule is CCn1c(=O)c(=O)n(CC(=O)N[C@@H](C)Cc2ccco2)c2cccnc21. The smallest absolute Gasteiger partial charge is 0.318 e. The lowest BCUT2D eigenvalue weighted by atomic mass is 10.2. The number of nitrogens with zero attached hydrogens (tertiary/aromatic N) is 3. The molecule has 136 valence electrons. The highest BCUT2D eigenvalue weighted by atomic mass is 16.3. The summed E-state index contributed by atoms with van der Waals surface area (Å²) < 4.78 is 7.75. The number of hydrogen-bond donors (Lipinski definition) is 1. The van der Waals surface area contributed by atoms with Crippen molar-refractivity contribution in [1.82, 2.24) is 19.4 Å². The largest absolute Gasteiger partial charge is 0.469 e. The monoisotopic (exact) mass is 356 g/mol. The maximum Gasteiger partial charge on any atom is 0.318 e. The minimum atomic E-state index is -0.735. The van der Waals surface area contributed by atoms with E-state index in [1.54, 1.807) is 37.6 Å². The Morgan fingerprint density at radius 3 is 2.69 bits per heavy atom. The van der Waals surface area contributed by atoms with Crippen molar-refractivity contribution in [2.75, 3.05) is 0 Å². The van der Waals surface area contributed by atoms with Gasteiger partial charge in [0, 0.05) is 25.2 Å². The maximum atomic E-state index is 12.4. The summed E-state index contributed by atoms with van der Waals surface area (Å²) in [4.78, 5) is 41.3. The van der Waals surface area contributed by atoms with E-state index < -0.39 is 11.1 Å². The Morgan fingerprint density at radius 1 is 1.23 bits per heavy atom. The van der Waals surface area contributed by atoms with Crippen LogP contribution in [0.2, 0.25) is 0 Å². The van der Waals surface area contributed by atoms with Crippen molar-refractivity contribution in [2.24, 2.45) is 0 Å². The molecule has 8 nitrogen and oxygen atoms in total. The highest BCUT2D eigenvalue weighted by Crippen LogP contribution is 2.08. The Balaban J connectivity index is 1.86. The van der Waals surface area contributed by atoms with Crippen LogP contribution in [0.15, 0.2) is 50.7 Å². The topological polar surface area (TPSA) is 99.1 Å². The minimum absolute atomic E-state index is 0.176. The minimum Gasteiger partial charge on any atom is -0.469 e. The molecule has 26 heavy (non-hydrogen) atoms. The van der Waals surface area contributed by atoms with E-state index in [0.717, 1.165) is 5.76 Å². The Kier molecular flexibility index (Phi) is 5.01. The molecule has 1 atom stereocenters. The molecule has 0 fully saturated rings. The number of aryl methyl sites for hydroxylation is 1. The lowest BCUT2D eigenvalue weighted by Crippen LogP contribution is -2.45. The number of fused-ring (bicyclic) bond motifs is 1. The summed E-state index contributed by atoms with van der Waals surface area (Å²) in [6, 6.07) is 6.78. The van der Waals surface area contributed by atoms with Gasteiger partial charge in [-0.15, -0.1) is 0 Å². The van der Waals surface area contributed by atoms with E-state index in [2.05, 4.69) is 10.3 Å². The van der Waals surface area contributed by atoms with E-state index in [9.17, 15) is 14.4 Å². The Morgan fingerprint density at radius 2 is 2.00 bits per heavy atom. The molecule has 3 heterocycles. The fourth-order valence-electron chi connectivity index (χ4n) is 2.94. The van der Waals surface area contributed by atoms with Gasteiger partial charge in [-0.2, -0.15) is 0 Å². The van der Waals surface area contributed by atoms with Crippen LogP contribution >= 0.6 is 0 Å². The Labute approximate surface area is 149 Å². The number of furan rings is 1. The summed E-state index contributed by atoms with van der Waals surface area (Å²) in [5.74, 6) is 0.403. The predicted octanol–water partition coefficient (Wildman–Crippen LogP) is 0.919. The number of carbonyl (C=O) groups excluding carboxylic acids is 1. The van der Waals surface area contributed by atoms with Crippen molar-refractivity contribution in [2.45, 2.75) is 39.4 Å². The average molecular weight is 356 g/mol. The molecule has 0 saturated carbocycles. The lowest BCUT2D eigenvalue weighted by Gasteiger charge is -2.15. The van der Waals surface area contributed by atoms with Gasteiger partial charge in [0.2, 0.25) is 5.91 Å². The number of hydrogen-bond acceptors (Lipinski definition) is 5. The van der Waals surface area contributed by atoms with Gasteiger partial charge in [0.05, 0.1) is 11.8 Å². The summed E-state index contributed by atoms with van der Waals surface area (Å²) in [5, 5.41) is 2.82. The fourth-order valence-corrected chi connectivity index (χ4v) is 2.94. The third-order valence-electron chi connectivity index (χ3n) is 4.10. The van der Waals surface area contributed by atoms with E-state index in [-0.39, 0.29) is 18.5 Å². The number of nitrogens with one attached hydrogen (secondary N) is 1. The van der Waals surface area contributed by atoms with Crippen molar-refractivity contribution in [3.63, 3.8) is 0 Å². The first-order valence-electron chi connectivity index (χ1n) is 8.41. The normalized spacial score (nSPS) is 12.2. The number of rotatable bonds is 6. The van der Waals surface area contributed by atoms with Gasteiger partial charge in [0.15, 0.2) is 5.65 Å². The Hall–Kier alpha value is -3.16. The van der Waals surface area contributed by atoms with Gasteiger partial charge in [-0.05, 0) is 38.1 Å². The van der Waals surface area contributed by atoms with Crippen LogP contribution in [-0.2, 0) is 24.3 Å². The molecular formula is C18H20N4O4. The third kappa shape index (κ3) is 3.44. The molecule has 3 aromatic heterocycles. The highest BCUT2D eigenvalue weighted by Gasteiger charge is 2.16. The number of carbonyl (C=O) groups is 1. The second-order valence-corrected chi connectivity index (χ2v) is 6.04. The van der Waals surface area contributed by atoms with Crippen molar-refractivity contribution in [3.8, 4) is 0 Å². The average Bonchev–Trinajstić information content (AvgIpc) is 3.12. The Bertz CT molecular complexity index is 1030. The van der Waals surface area contributed by atoms with Gasteiger partial charge < -0.3 is 9.73 Å². The van der Waals surface area contributed by atoms with Crippen LogP contribution in [0.3, 0.4) is 0 Å². The lowest BCUT2D eigenvalue weighted by molar-refractivity contribution is -0.122. The van der Waals surface area contributed by atoms with E-state index in [4.69, 9.17) is 4.42 Å². The molecule has 0 unspecified atom stereocenters. The molecule has 0 aromatic carbocycles. The molecule has 3 aromatic rings. The van der Waals surface area contributed by atoms with Crippen LogP contribution in [0.4, 0.5) is 0 Å². The van der Waals surface area contributed by atoms with Crippen LogP contribution in [0.5, 0.6) is 0 Å². The predicted molar refractivity (Wildman–Crippen MR) is 96.0 cm³/mol. The molecule has 0 spiro atoms. The second kappa shape index (κ2) is 7.38. The maximum absolute atomic E-state index is 12.4. The molecule has 8 heteroatoms. The summed E-state index contributed by atoms with van der Waals surface area (Å²) in [6.07, 6.45) is 3.66. The molecule has 0 aliphatic heterocycles. The molecule has 1 N–H and O–H groups in total. The van der Waals surface area contributed by atoms with Gasteiger partial charge >= 0.3 is 11.1 Å². The summed E-state index contributed by atoms with van der Waals surface area (Å²) >= 11 is 0. The summed E-state index contributed by atoms with van der Waals surface area (Å²) in [6.45, 7) is 3.69. The van der Waals surface area contributed by atoms with Crippen molar-refractivity contribution in [1.29, 1.82) is 0 Å². The van der Waals surface area contributed by atoms with Crippen LogP contribution < -0.4 is 16.4 Å². The molecular weight excluding hydrogens is 336 g/mol. The molecule has 0 aliphatic rings. The van der Waals surface area contributed by atoms with Crippen LogP contribution in [0, 0.1) is 0 Å². The van der Waals surface area contributed by atoms with Gasteiger partial charge in [-0.25, -0.2) is 4.98 Å². The van der Waals surface area contributed by atoms with Gasteiger partial charge in [0.1, 0.15) is 12.3 Å². The van der Waals surface area contributed by atoms with Crippen molar-refractivity contribution in [3.05, 3.63) is 63.2 Å². The summed E-state index contributed by atoms with van der Waals surface area (Å²) in [7, 11) is 0. The molecule has 1 amide bonds. The van der Waals surface area contributed by atoms with Crippen LogP contribution in [-0.4, -0.2) is 26.1 Å². The zero-order valence-corrected chi connectivity index (χ0v) is 14.6. The number of aromatic nitrogens is 3. The zero-order valence-electron chi connectivity index (χ0n) is 14.6. The molecule has 0 aliphatic carbocycles. The first-order valence-corrected chi connectivity index (χ1v) is 8.41. The van der Waals surface area contributed by atoms with E-state index in [1.807, 2.05) is 13.0 Å². The van der Waals surface area contributed by atoms with Crippen LogP contribution in [0.25, 0.3) is 11.2 Å². The highest BCUT2D eigenvalue weighted by molar-refractivity contribution is 5.79. The van der Waals surface area contributed by atoms with Crippen LogP contribution in [0.1, 0.15) is 19.6 Å². The van der Waals surface area contributed by atoms with Gasteiger partial charge in [-0.3, -0.25) is 23.5 Å². The number of amides is 1. The van der Waals surface area contributed by atoms with E-state index >= 15 is 0 Å². The summed E-state index contributed by atoms with van der Waals surface area (Å²) in [5.41, 5.74) is -0.583. The molecule has 0 radical (unpaired) electrons. The molecule has 0 bridgehead atoms. The molecule has 3 rings (SSSR count). The van der Waals surface area contributed by atoms with E-state index in [0.29, 0.717) is 24.1 Å². The quantitative estimate of drug-likeness (QED) is 0.662. The van der Waals surface area contributed by atoms with Crippen molar-refractivity contribution < 1.29 is 9.21 Å². The first kappa shape index (κ1) is 17.7. The third-order valence-corrected chi connectivity index (χ3v) is 4.10. The zero-order chi connectivity index (χ0) is 18.7. The second-order valence-electron chi connectivity index (χ2n) is 6.04.